The van der Waals surface area contributed by atoms with E-state index in [1.807, 2.05) is 6.07 Å². The molecule has 0 saturated carbocycles. The van der Waals surface area contributed by atoms with Crippen molar-refractivity contribution in [2.75, 3.05) is 19.6 Å². The van der Waals surface area contributed by atoms with Crippen LogP contribution in [0, 0.1) is 5.92 Å². The van der Waals surface area contributed by atoms with Gasteiger partial charge in [-0.05, 0) is 33.9 Å². The van der Waals surface area contributed by atoms with Crippen LogP contribution in [0.3, 0.4) is 0 Å². The van der Waals surface area contributed by atoms with Gasteiger partial charge in [0.2, 0.25) is 0 Å². The molecule has 1 N–H and O–H groups in total. The predicted octanol–water partition coefficient (Wildman–Crippen LogP) is 3.80. The Balaban J connectivity index is 1.51. The number of rotatable bonds is 2. The van der Waals surface area contributed by atoms with Gasteiger partial charge < -0.3 is 5.32 Å². The zero-order chi connectivity index (χ0) is 17.5. The first-order chi connectivity index (χ1) is 12.8. The van der Waals surface area contributed by atoms with Crippen LogP contribution in [0.25, 0.3) is 10.8 Å². The molecule has 5 rings (SSSR count). The van der Waals surface area contributed by atoms with Crippen LogP contribution in [0.5, 0.6) is 0 Å². The Kier molecular flexibility index (Phi) is 3.75. The summed E-state index contributed by atoms with van der Waals surface area (Å²) in [5.41, 5.74) is 3.43. The number of hydrogen-bond acceptors (Lipinski definition) is 2. The molecule has 0 unspecified atom stereocenters. The molecular formula is C23H22N2O. The summed E-state index contributed by atoms with van der Waals surface area (Å²) in [6.45, 7) is 3.79. The molecule has 26 heavy (non-hydrogen) atoms. The van der Waals surface area contributed by atoms with Crippen molar-refractivity contribution in [3.63, 3.8) is 0 Å². The minimum atomic E-state index is 0.0785. The zero-order valence-electron chi connectivity index (χ0n) is 14.7. The number of hydrogen-bond donors (Lipinski definition) is 1. The fourth-order valence-corrected chi connectivity index (χ4v) is 4.57. The minimum absolute atomic E-state index is 0.0785. The summed E-state index contributed by atoms with van der Waals surface area (Å²) in [7, 11) is 0. The maximum atomic E-state index is 12.6. The van der Waals surface area contributed by atoms with Crippen LogP contribution in [-0.4, -0.2) is 30.4 Å². The van der Waals surface area contributed by atoms with E-state index in [1.54, 1.807) is 0 Å². The van der Waals surface area contributed by atoms with Crippen molar-refractivity contribution in [2.45, 2.75) is 12.5 Å². The summed E-state index contributed by atoms with van der Waals surface area (Å²) in [5, 5.41) is 5.52. The molecule has 1 saturated heterocycles. The lowest BCUT2D eigenvalue weighted by molar-refractivity contribution is 0.0951. The van der Waals surface area contributed by atoms with Gasteiger partial charge in [0.05, 0.1) is 0 Å². The van der Waals surface area contributed by atoms with Crippen LogP contribution in [0.15, 0.2) is 66.7 Å². The molecule has 130 valence electrons. The molecule has 2 heterocycles. The zero-order valence-corrected chi connectivity index (χ0v) is 14.7. The molecule has 0 radical (unpaired) electrons. The van der Waals surface area contributed by atoms with Crippen molar-refractivity contribution >= 4 is 16.7 Å². The van der Waals surface area contributed by atoms with Gasteiger partial charge in [-0.2, -0.15) is 0 Å². The number of carbonyl (C=O) groups excluding carboxylic acids is 1. The monoisotopic (exact) mass is 342 g/mol. The highest BCUT2D eigenvalue weighted by molar-refractivity contribution is 6.01. The second-order valence-electron chi connectivity index (χ2n) is 7.54. The van der Waals surface area contributed by atoms with Crippen molar-refractivity contribution in [1.29, 1.82) is 0 Å². The Morgan fingerprint density at radius 3 is 2.46 bits per heavy atom. The van der Waals surface area contributed by atoms with Crippen LogP contribution in [0.1, 0.15) is 27.4 Å². The first-order valence-electron chi connectivity index (χ1n) is 9.35. The minimum Gasteiger partial charge on any atom is -0.352 e. The van der Waals surface area contributed by atoms with Crippen molar-refractivity contribution in [2.24, 2.45) is 5.92 Å². The van der Waals surface area contributed by atoms with Crippen molar-refractivity contribution < 1.29 is 4.79 Å². The first kappa shape index (κ1) is 15.6. The maximum absolute atomic E-state index is 12.6. The molecule has 0 aliphatic carbocycles. The van der Waals surface area contributed by atoms with E-state index in [2.05, 4.69) is 70.9 Å². The van der Waals surface area contributed by atoms with E-state index in [1.165, 1.54) is 16.5 Å². The molecule has 1 amide bonds. The number of amides is 1. The molecule has 3 aromatic rings. The molecule has 3 nitrogen and oxygen atoms in total. The van der Waals surface area contributed by atoms with E-state index in [9.17, 15) is 4.79 Å². The van der Waals surface area contributed by atoms with Crippen LogP contribution in [0.2, 0.25) is 0 Å². The van der Waals surface area contributed by atoms with Gasteiger partial charge in [-0.15, -0.1) is 0 Å². The average molecular weight is 342 g/mol. The molecule has 3 heteroatoms. The Bertz CT molecular complexity index is 966. The SMILES string of the molecule is O=C1NC[C@@H]2CN(Cc3ccccc3)C[C@H]2c2cc3ccccc3cc21. The third kappa shape index (κ3) is 2.69. The average Bonchev–Trinajstić information content (AvgIpc) is 3.03. The number of likely N-dealkylation sites (tertiary alicyclic amines) is 1. The summed E-state index contributed by atoms with van der Waals surface area (Å²) >= 11 is 0. The van der Waals surface area contributed by atoms with Crippen LogP contribution < -0.4 is 5.32 Å². The lowest BCUT2D eigenvalue weighted by atomic mass is 9.86. The fourth-order valence-electron chi connectivity index (χ4n) is 4.57. The Morgan fingerprint density at radius 1 is 0.923 bits per heavy atom. The Morgan fingerprint density at radius 2 is 1.65 bits per heavy atom. The van der Waals surface area contributed by atoms with Gasteiger partial charge in [0.1, 0.15) is 0 Å². The Labute approximate surface area is 153 Å². The highest BCUT2D eigenvalue weighted by Gasteiger charge is 2.38. The predicted molar refractivity (Wildman–Crippen MR) is 104 cm³/mol. The highest BCUT2D eigenvalue weighted by atomic mass is 16.1. The summed E-state index contributed by atoms with van der Waals surface area (Å²) in [5.74, 6) is 0.970. The van der Waals surface area contributed by atoms with Gasteiger partial charge in [0, 0.05) is 37.7 Å². The lowest BCUT2D eigenvalue weighted by Gasteiger charge is -2.18. The molecule has 0 spiro atoms. The van der Waals surface area contributed by atoms with E-state index in [0.717, 1.165) is 37.1 Å². The smallest absolute Gasteiger partial charge is 0.251 e. The normalized spacial score (nSPS) is 22.5. The number of benzene rings is 3. The van der Waals surface area contributed by atoms with Crippen molar-refractivity contribution in [3.8, 4) is 0 Å². The van der Waals surface area contributed by atoms with E-state index in [0.29, 0.717) is 11.8 Å². The molecule has 2 aliphatic rings. The van der Waals surface area contributed by atoms with Gasteiger partial charge in [-0.25, -0.2) is 0 Å². The number of nitrogens with zero attached hydrogens (tertiary/aromatic N) is 1. The second kappa shape index (κ2) is 6.26. The van der Waals surface area contributed by atoms with Crippen molar-refractivity contribution in [1.82, 2.24) is 10.2 Å². The van der Waals surface area contributed by atoms with Gasteiger partial charge in [-0.1, -0.05) is 60.7 Å². The van der Waals surface area contributed by atoms with Crippen LogP contribution in [-0.2, 0) is 6.54 Å². The molecule has 0 aromatic heterocycles. The summed E-state index contributed by atoms with van der Waals surface area (Å²) in [6.07, 6.45) is 0. The summed E-state index contributed by atoms with van der Waals surface area (Å²) in [4.78, 5) is 15.2. The molecule has 2 atom stereocenters. The van der Waals surface area contributed by atoms with Gasteiger partial charge in [0.25, 0.3) is 5.91 Å². The standard InChI is InChI=1S/C23H22N2O/c26-23-21-11-18-9-5-4-8-17(18)10-20(21)22-15-25(14-19(22)12-24-23)13-16-6-2-1-3-7-16/h1-11,19,22H,12-15H2,(H,24,26)/t19-,22-/m1/s1. The maximum Gasteiger partial charge on any atom is 0.251 e. The van der Waals surface area contributed by atoms with E-state index < -0.39 is 0 Å². The van der Waals surface area contributed by atoms with E-state index >= 15 is 0 Å². The Hall–Kier alpha value is -2.65. The van der Waals surface area contributed by atoms with E-state index in [-0.39, 0.29) is 5.91 Å². The highest BCUT2D eigenvalue weighted by Crippen LogP contribution is 2.38. The largest absolute Gasteiger partial charge is 0.352 e. The van der Waals surface area contributed by atoms with Gasteiger partial charge in [0.15, 0.2) is 0 Å². The first-order valence-corrected chi connectivity index (χ1v) is 9.35. The molecular weight excluding hydrogens is 320 g/mol. The number of carbonyl (C=O) groups is 1. The molecule has 1 fully saturated rings. The van der Waals surface area contributed by atoms with Gasteiger partial charge in [-0.3, -0.25) is 9.69 Å². The van der Waals surface area contributed by atoms with Crippen LogP contribution in [0.4, 0.5) is 0 Å². The third-order valence-corrected chi connectivity index (χ3v) is 5.85. The van der Waals surface area contributed by atoms with Crippen LogP contribution >= 0.6 is 0 Å². The molecule has 2 aliphatic heterocycles. The second-order valence-corrected chi connectivity index (χ2v) is 7.54. The van der Waals surface area contributed by atoms with E-state index in [4.69, 9.17) is 0 Å². The quantitative estimate of drug-likeness (QED) is 0.768. The molecule has 3 aromatic carbocycles. The lowest BCUT2D eigenvalue weighted by Crippen LogP contribution is -2.29. The van der Waals surface area contributed by atoms with Crippen molar-refractivity contribution in [3.05, 3.63) is 83.4 Å². The summed E-state index contributed by atoms with van der Waals surface area (Å²) in [6, 6.07) is 23.3. The summed E-state index contributed by atoms with van der Waals surface area (Å²) < 4.78 is 0. The molecule has 0 bridgehead atoms. The number of nitrogens with one attached hydrogen (secondary N) is 1. The number of fused-ring (bicyclic) bond motifs is 4. The fraction of sp³-hybridized carbons (Fsp3) is 0.261. The van der Waals surface area contributed by atoms with Gasteiger partial charge >= 0.3 is 0 Å². The third-order valence-electron chi connectivity index (χ3n) is 5.85. The topological polar surface area (TPSA) is 32.3 Å².